The molecule has 1 amide bonds. The molecule has 128 valence electrons. The van der Waals surface area contributed by atoms with Gasteiger partial charge in [-0.1, -0.05) is 55.5 Å². The number of carbonyl (C=O) groups is 1. The molecule has 0 aliphatic rings. The average Bonchev–Trinajstić information content (AvgIpc) is 2.64. The first-order valence-corrected chi connectivity index (χ1v) is 8.41. The molecular formula is C20H26N2O2. The van der Waals surface area contributed by atoms with Crippen molar-refractivity contribution in [2.45, 2.75) is 13.3 Å². The minimum Gasteiger partial charge on any atom is -0.493 e. The van der Waals surface area contributed by atoms with Gasteiger partial charge in [0.15, 0.2) is 0 Å². The van der Waals surface area contributed by atoms with Crippen LogP contribution in [0.4, 0.5) is 0 Å². The van der Waals surface area contributed by atoms with Gasteiger partial charge in [-0.15, -0.1) is 0 Å². The number of benzene rings is 2. The predicted octanol–water partition coefficient (Wildman–Crippen LogP) is 2.73. The van der Waals surface area contributed by atoms with Gasteiger partial charge in [0.25, 0.3) is 0 Å². The highest BCUT2D eigenvalue weighted by molar-refractivity contribution is 5.78. The SMILES string of the molecule is CC(COc1ccccc1)C(=O)N(CCN)CCc1ccccc1. The zero-order valence-corrected chi connectivity index (χ0v) is 14.2. The maximum atomic E-state index is 12.7. The van der Waals surface area contributed by atoms with Crippen LogP contribution in [0.5, 0.6) is 5.75 Å². The lowest BCUT2D eigenvalue weighted by Gasteiger charge is -2.25. The minimum absolute atomic E-state index is 0.0901. The number of nitrogens with zero attached hydrogens (tertiary/aromatic N) is 1. The first kappa shape index (κ1) is 18.0. The molecule has 2 aromatic rings. The molecule has 2 N–H and O–H groups in total. The monoisotopic (exact) mass is 326 g/mol. The first-order valence-electron chi connectivity index (χ1n) is 8.41. The molecule has 2 aromatic carbocycles. The summed E-state index contributed by atoms with van der Waals surface area (Å²) in [6, 6.07) is 19.7. The Labute approximate surface area is 144 Å². The third-order valence-electron chi connectivity index (χ3n) is 3.89. The first-order chi connectivity index (χ1) is 11.7. The molecule has 1 unspecified atom stereocenters. The molecular weight excluding hydrogens is 300 g/mol. The zero-order valence-electron chi connectivity index (χ0n) is 14.2. The summed E-state index contributed by atoms with van der Waals surface area (Å²) in [7, 11) is 0. The Morgan fingerprint density at radius 1 is 1.04 bits per heavy atom. The molecule has 0 radical (unpaired) electrons. The number of para-hydroxylation sites is 1. The number of nitrogens with two attached hydrogens (primary N) is 1. The fourth-order valence-corrected chi connectivity index (χ4v) is 2.52. The van der Waals surface area contributed by atoms with Crippen LogP contribution in [-0.2, 0) is 11.2 Å². The molecule has 0 saturated carbocycles. The normalized spacial score (nSPS) is 11.8. The zero-order chi connectivity index (χ0) is 17.2. The van der Waals surface area contributed by atoms with Crippen molar-refractivity contribution in [2.24, 2.45) is 11.7 Å². The molecule has 2 rings (SSSR count). The summed E-state index contributed by atoms with van der Waals surface area (Å²) in [5.41, 5.74) is 6.90. The van der Waals surface area contributed by atoms with E-state index in [-0.39, 0.29) is 11.8 Å². The quantitative estimate of drug-likeness (QED) is 0.771. The topological polar surface area (TPSA) is 55.6 Å². The van der Waals surface area contributed by atoms with Gasteiger partial charge in [-0.25, -0.2) is 0 Å². The van der Waals surface area contributed by atoms with Gasteiger partial charge in [-0.2, -0.15) is 0 Å². The maximum absolute atomic E-state index is 12.7. The number of carbonyl (C=O) groups excluding carboxylic acids is 1. The van der Waals surface area contributed by atoms with Crippen LogP contribution in [0, 0.1) is 5.92 Å². The van der Waals surface area contributed by atoms with E-state index in [1.165, 1.54) is 5.56 Å². The van der Waals surface area contributed by atoms with Crippen molar-refractivity contribution in [3.63, 3.8) is 0 Å². The lowest BCUT2D eigenvalue weighted by molar-refractivity contribution is -0.135. The number of rotatable bonds is 9. The van der Waals surface area contributed by atoms with Crippen molar-refractivity contribution in [2.75, 3.05) is 26.2 Å². The molecule has 0 fully saturated rings. The van der Waals surface area contributed by atoms with E-state index in [9.17, 15) is 4.79 Å². The molecule has 1 atom stereocenters. The largest absolute Gasteiger partial charge is 0.493 e. The lowest BCUT2D eigenvalue weighted by atomic mass is 10.1. The van der Waals surface area contributed by atoms with Crippen LogP contribution < -0.4 is 10.5 Å². The molecule has 0 saturated heterocycles. The summed E-state index contributed by atoms with van der Waals surface area (Å²) < 4.78 is 5.70. The number of hydrogen-bond acceptors (Lipinski definition) is 3. The van der Waals surface area contributed by atoms with Crippen molar-refractivity contribution < 1.29 is 9.53 Å². The van der Waals surface area contributed by atoms with E-state index in [1.807, 2.05) is 60.4 Å². The standard InChI is InChI=1S/C20H26N2O2/c1-17(16-24-19-10-6-3-7-11-19)20(23)22(15-13-21)14-12-18-8-4-2-5-9-18/h2-11,17H,12-16,21H2,1H3. The van der Waals surface area contributed by atoms with Crippen molar-refractivity contribution in [1.29, 1.82) is 0 Å². The Balaban J connectivity index is 1.87. The fourth-order valence-electron chi connectivity index (χ4n) is 2.52. The van der Waals surface area contributed by atoms with Crippen LogP contribution >= 0.6 is 0 Å². The van der Waals surface area contributed by atoms with Gasteiger partial charge in [-0.05, 0) is 24.1 Å². The molecule has 4 heteroatoms. The summed E-state index contributed by atoms with van der Waals surface area (Å²) in [4.78, 5) is 14.5. The smallest absolute Gasteiger partial charge is 0.228 e. The predicted molar refractivity (Wildman–Crippen MR) is 96.9 cm³/mol. The van der Waals surface area contributed by atoms with E-state index in [0.29, 0.717) is 26.2 Å². The van der Waals surface area contributed by atoms with Crippen LogP contribution in [0.3, 0.4) is 0 Å². The van der Waals surface area contributed by atoms with E-state index < -0.39 is 0 Å². The molecule has 0 bridgehead atoms. The second kappa shape index (κ2) is 9.73. The number of hydrogen-bond donors (Lipinski definition) is 1. The molecule has 0 aliphatic carbocycles. The Hall–Kier alpha value is -2.33. The van der Waals surface area contributed by atoms with E-state index in [0.717, 1.165) is 12.2 Å². The second-order valence-corrected chi connectivity index (χ2v) is 5.87. The van der Waals surface area contributed by atoms with Crippen molar-refractivity contribution in [3.05, 3.63) is 66.2 Å². The highest BCUT2D eigenvalue weighted by atomic mass is 16.5. The third-order valence-corrected chi connectivity index (χ3v) is 3.89. The van der Waals surface area contributed by atoms with Crippen LogP contribution in [0.15, 0.2) is 60.7 Å². The van der Waals surface area contributed by atoms with Gasteiger partial charge < -0.3 is 15.4 Å². The van der Waals surface area contributed by atoms with Crippen molar-refractivity contribution in [1.82, 2.24) is 4.90 Å². The third kappa shape index (κ3) is 5.70. The van der Waals surface area contributed by atoms with Gasteiger partial charge in [0.05, 0.1) is 12.5 Å². The van der Waals surface area contributed by atoms with Crippen LogP contribution in [0.2, 0.25) is 0 Å². The van der Waals surface area contributed by atoms with Gasteiger partial charge in [0.1, 0.15) is 5.75 Å². The summed E-state index contributed by atoms with van der Waals surface area (Å²) in [5.74, 6) is 0.673. The molecule has 0 spiro atoms. The average molecular weight is 326 g/mol. The molecule has 0 aromatic heterocycles. The van der Waals surface area contributed by atoms with E-state index >= 15 is 0 Å². The Morgan fingerprint density at radius 2 is 1.67 bits per heavy atom. The van der Waals surface area contributed by atoms with E-state index in [2.05, 4.69) is 12.1 Å². The summed E-state index contributed by atoms with van der Waals surface area (Å²) in [6.45, 7) is 3.98. The van der Waals surface area contributed by atoms with E-state index in [1.54, 1.807) is 0 Å². The van der Waals surface area contributed by atoms with E-state index in [4.69, 9.17) is 10.5 Å². The Kier molecular flexibility index (Phi) is 7.30. The van der Waals surface area contributed by atoms with Gasteiger partial charge in [0, 0.05) is 19.6 Å². The summed E-state index contributed by atoms with van der Waals surface area (Å²) in [6.07, 6.45) is 0.832. The molecule has 0 heterocycles. The van der Waals surface area contributed by atoms with Crippen LogP contribution in [0.1, 0.15) is 12.5 Å². The Bertz CT molecular complexity index is 602. The molecule has 0 aliphatic heterocycles. The van der Waals surface area contributed by atoms with Crippen molar-refractivity contribution >= 4 is 5.91 Å². The van der Waals surface area contributed by atoms with Gasteiger partial charge in [-0.3, -0.25) is 4.79 Å². The highest BCUT2D eigenvalue weighted by Gasteiger charge is 2.20. The second-order valence-electron chi connectivity index (χ2n) is 5.87. The highest BCUT2D eigenvalue weighted by Crippen LogP contribution is 2.12. The summed E-state index contributed by atoms with van der Waals surface area (Å²) >= 11 is 0. The molecule has 4 nitrogen and oxygen atoms in total. The van der Waals surface area contributed by atoms with Crippen LogP contribution in [-0.4, -0.2) is 37.0 Å². The Morgan fingerprint density at radius 3 is 2.29 bits per heavy atom. The van der Waals surface area contributed by atoms with Gasteiger partial charge in [0.2, 0.25) is 5.91 Å². The van der Waals surface area contributed by atoms with Gasteiger partial charge >= 0.3 is 0 Å². The number of amides is 1. The van der Waals surface area contributed by atoms with Crippen molar-refractivity contribution in [3.8, 4) is 5.75 Å². The lowest BCUT2D eigenvalue weighted by Crippen LogP contribution is -2.41. The number of ether oxygens (including phenoxy) is 1. The fraction of sp³-hybridized carbons (Fsp3) is 0.350. The maximum Gasteiger partial charge on any atom is 0.228 e. The molecule has 24 heavy (non-hydrogen) atoms. The minimum atomic E-state index is -0.201. The summed E-state index contributed by atoms with van der Waals surface area (Å²) in [5, 5.41) is 0. The van der Waals surface area contributed by atoms with Crippen LogP contribution in [0.25, 0.3) is 0 Å².